The second kappa shape index (κ2) is 18.1. The molecule has 0 rings (SSSR count). The van der Waals surface area contributed by atoms with Crippen molar-refractivity contribution in [3.8, 4) is 0 Å². The summed E-state index contributed by atoms with van der Waals surface area (Å²) in [6.45, 7) is 5.01. The van der Waals surface area contributed by atoms with E-state index in [0.717, 1.165) is 25.7 Å². The minimum absolute atomic E-state index is 0.104. The van der Waals surface area contributed by atoms with Gasteiger partial charge in [-0.05, 0) is 32.2 Å². The van der Waals surface area contributed by atoms with Gasteiger partial charge in [0.25, 0.3) is 0 Å². The van der Waals surface area contributed by atoms with Crippen LogP contribution in [0.5, 0.6) is 0 Å². The summed E-state index contributed by atoms with van der Waals surface area (Å²) in [5.41, 5.74) is -0.594. The number of unbranched alkanes of at least 4 members (excludes halogenated alkanes) is 1. The smallest absolute Gasteiger partial charge is 0.409 e. The maximum Gasteiger partial charge on any atom is 0.409 e. The number of amides is 1. The normalized spacial score (nSPS) is 15.1. The summed E-state index contributed by atoms with van der Waals surface area (Å²) in [5.74, 6) is -0.342. The van der Waals surface area contributed by atoms with Crippen LogP contribution in [-0.2, 0) is 23.1 Å². The van der Waals surface area contributed by atoms with Gasteiger partial charge in [-0.25, -0.2) is 4.79 Å². The van der Waals surface area contributed by atoms with E-state index in [2.05, 4.69) is 6.92 Å². The summed E-state index contributed by atoms with van der Waals surface area (Å²) in [4.78, 5) is 26.4. The Balaban J connectivity index is 4.94. The number of carbonyl (C=O) groups excluding carboxylic acids is 2. The third-order valence-corrected chi connectivity index (χ3v) is 7.41. The molecule has 33 heavy (non-hydrogen) atoms. The van der Waals surface area contributed by atoms with Crippen molar-refractivity contribution in [1.82, 2.24) is 4.90 Å². The van der Waals surface area contributed by atoms with E-state index in [0.29, 0.717) is 18.9 Å². The van der Waals surface area contributed by atoms with Gasteiger partial charge in [-0.15, -0.1) is 0 Å². The minimum Gasteiger partial charge on any atom is -0.462 e. The number of rotatable bonds is 19. The summed E-state index contributed by atoms with van der Waals surface area (Å²) < 4.78 is 21.0. The largest absolute Gasteiger partial charge is 0.462 e. The van der Waals surface area contributed by atoms with E-state index in [4.69, 9.17) is 23.4 Å². The molecule has 0 saturated heterocycles. The monoisotopic (exact) mass is 495 g/mol. The number of hydrogen-bond donors (Lipinski definition) is 3. The van der Waals surface area contributed by atoms with E-state index in [-0.39, 0.29) is 32.3 Å². The van der Waals surface area contributed by atoms with Gasteiger partial charge in [0.2, 0.25) is 0 Å². The Labute approximate surface area is 200 Å². The zero-order chi connectivity index (χ0) is 25.3. The summed E-state index contributed by atoms with van der Waals surface area (Å²) in [6.07, 6.45) is 1.73. The quantitative estimate of drug-likeness (QED) is 0.180. The number of esters is 1. The SMILES string of the molecule is CCCCC(C)(CCC)C(=O)OCC(O)CN(CCC[SiH](OC)OC)C(=O)OCC(O)CO. The maximum atomic E-state index is 12.7. The lowest BCUT2D eigenvalue weighted by Gasteiger charge is -2.29. The van der Waals surface area contributed by atoms with E-state index in [1.165, 1.54) is 4.90 Å². The molecule has 0 spiro atoms. The molecule has 0 fully saturated rings. The number of aliphatic hydroxyl groups excluding tert-OH is 3. The lowest BCUT2D eigenvalue weighted by molar-refractivity contribution is -0.159. The lowest BCUT2D eigenvalue weighted by atomic mass is 9.81. The van der Waals surface area contributed by atoms with Crippen LogP contribution >= 0.6 is 0 Å². The molecule has 3 N–H and O–H groups in total. The molecule has 0 aromatic carbocycles. The average molecular weight is 496 g/mol. The Morgan fingerprint density at radius 2 is 1.61 bits per heavy atom. The molecule has 0 aliphatic rings. The van der Waals surface area contributed by atoms with Crippen molar-refractivity contribution in [2.45, 2.75) is 77.5 Å². The number of nitrogens with zero attached hydrogens (tertiary/aromatic N) is 1. The van der Waals surface area contributed by atoms with Gasteiger partial charge in [0.1, 0.15) is 25.4 Å². The Kier molecular flexibility index (Phi) is 17.4. The van der Waals surface area contributed by atoms with Crippen LogP contribution in [0, 0.1) is 5.41 Å². The highest BCUT2D eigenvalue weighted by atomic mass is 28.3. The topological polar surface area (TPSA) is 135 Å². The molecule has 10 nitrogen and oxygen atoms in total. The molecule has 3 unspecified atom stereocenters. The van der Waals surface area contributed by atoms with Crippen LogP contribution in [0.1, 0.15) is 59.3 Å². The third kappa shape index (κ3) is 13.3. The van der Waals surface area contributed by atoms with Gasteiger partial charge < -0.3 is 38.5 Å². The van der Waals surface area contributed by atoms with E-state index in [9.17, 15) is 19.8 Å². The zero-order valence-electron chi connectivity index (χ0n) is 21.0. The Bertz CT molecular complexity index is 536. The van der Waals surface area contributed by atoms with Gasteiger partial charge >= 0.3 is 21.3 Å². The first-order chi connectivity index (χ1) is 15.7. The van der Waals surface area contributed by atoms with Crippen LogP contribution in [0.15, 0.2) is 0 Å². The molecule has 11 heteroatoms. The number of aliphatic hydroxyl groups is 3. The van der Waals surface area contributed by atoms with Crippen LogP contribution < -0.4 is 0 Å². The van der Waals surface area contributed by atoms with E-state index in [1.54, 1.807) is 14.2 Å². The van der Waals surface area contributed by atoms with Crippen LogP contribution in [0.2, 0.25) is 6.04 Å². The molecule has 1 amide bonds. The molecule has 0 bridgehead atoms. The first-order valence-electron chi connectivity index (χ1n) is 11.8. The molecule has 0 aromatic rings. The fourth-order valence-corrected chi connectivity index (χ4v) is 4.63. The molecule has 196 valence electrons. The Hall–Kier alpha value is -1.24. The van der Waals surface area contributed by atoms with Gasteiger partial charge in [0.05, 0.1) is 18.6 Å². The standard InChI is InChI=1S/C22H45NO9Si/c1-6-8-11-22(3,10-7-2)20(27)31-16-18(25)14-23(12-9-13-33(29-4)30-5)21(28)32-17-19(26)15-24/h18-19,24-26,33H,6-17H2,1-5H3. The number of hydrogen-bond acceptors (Lipinski definition) is 9. The van der Waals surface area contributed by atoms with Crippen molar-refractivity contribution in [3.63, 3.8) is 0 Å². The lowest BCUT2D eigenvalue weighted by Crippen LogP contribution is -2.42. The highest BCUT2D eigenvalue weighted by molar-refractivity contribution is 6.44. The zero-order valence-corrected chi connectivity index (χ0v) is 22.1. The molecule has 0 aliphatic carbocycles. The minimum atomic E-state index is -1.80. The first-order valence-corrected chi connectivity index (χ1v) is 13.5. The Morgan fingerprint density at radius 1 is 0.970 bits per heavy atom. The van der Waals surface area contributed by atoms with E-state index in [1.807, 2.05) is 13.8 Å². The predicted octanol–water partition coefficient (Wildman–Crippen LogP) is 1.58. The average Bonchev–Trinajstić information content (AvgIpc) is 2.81. The predicted molar refractivity (Wildman–Crippen MR) is 126 cm³/mol. The summed E-state index contributed by atoms with van der Waals surface area (Å²) in [7, 11) is 1.35. The first kappa shape index (κ1) is 31.8. The van der Waals surface area contributed by atoms with E-state index >= 15 is 0 Å². The van der Waals surface area contributed by atoms with Gasteiger partial charge in [-0.2, -0.15) is 0 Å². The molecule has 0 heterocycles. The van der Waals surface area contributed by atoms with Crippen molar-refractivity contribution in [1.29, 1.82) is 0 Å². The fraction of sp³-hybridized carbons (Fsp3) is 0.909. The number of carbonyl (C=O) groups is 2. The fourth-order valence-electron chi connectivity index (χ4n) is 3.45. The second-order valence-electron chi connectivity index (χ2n) is 8.57. The third-order valence-electron chi connectivity index (χ3n) is 5.48. The molecule has 3 atom stereocenters. The van der Waals surface area contributed by atoms with Crippen LogP contribution in [0.3, 0.4) is 0 Å². The molecule has 0 saturated carbocycles. The molecule has 0 radical (unpaired) electrons. The van der Waals surface area contributed by atoms with Crippen molar-refractivity contribution >= 4 is 21.3 Å². The van der Waals surface area contributed by atoms with Crippen LogP contribution in [0.4, 0.5) is 4.79 Å². The molecule has 0 aliphatic heterocycles. The number of ether oxygens (including phenoxy) is 2. The maximum absolute atomic E-state index is 12.7. The van der Waals surface area contributed by atoms with Gasteiger partial charge in [0.15, 0.2) is 0 Å². The van der Waals surface area contributed by atoms with Crippen molar-refractivity contribution in [2.75, 3.05) is 47.1 Å². The van der Waals surface area contributed by atoms with Gasteiger partial charge in [0, 0.05) is 20.8 Å². The highest BCUT2D eigenvalue weighted by Gasteiger charge is 2.34. The van der Waals surface area contributed by atoms with Crippen molar-refractivity contribution in [3.05, 3.63) is 0 Å². The summed E-state index contributed by atoms with van der Waals surface area (Å²) in [5, 5.41) is 28.8. The van der Waals surface area contributed by atoms with Crippen LogP contribution in [-0.4, -0.2) is 101 Å². The highest BCUT2D eigenvalue weighted by Crippen LogP contribution is 2.31. The summed E-state index contributed by atoms with van der Waals surface area (Å²) in [6, 6.07) is 0.647. The molecule has 0 aromatic heterocycles. The second-order valence-corrected chi connectivity index (χ2v) is 10.9. The molecular formula is C22H45NO9Si. The molecular weight excluding hydrogens is 450 g/mol. The van der Waals surface area contributed by atoms with Crippen molar-refractivity contribution < 1.29 is 43.2 Å². The van der Waals surface area contributed by atoms with Gasteiger partial charge in [-0.1, -0.05) is 33.1 Å². The van der Waals surface area contributed by atoms with Crippen molar-refractivity contribution in [2.24, 2.45) is 5.41 Å². The van der Waals surface area contributed by atoms with Crippen LogP contribution in [0.25, 0.3) is 0 Å². The summed E-state index contributed by atoms with van der Waals surface area (Å²) >= 11 is 0. The van der Waals surface area contributed by atoms with E-state index < -0.39 is 39.6 Å². The Morgan fingerprint density at radius 3 is 2.15 bits per heavy atom. The van der Waals surface area contributed by atoms with Gasteiger partial charge in [-0.3, -0.25) is 4.79 Å².